The van der Waals surface area contributed by atoms with Gasteiger partial charge >= 0.3 is 0 Å². The van der Waals surface area contributed by atoms with E-state index in [4.69, 9.17) is 14.4 Å². The number of phenols is 1. The third-order valence-corrected chi connectivity index (χ3v) is 7.51. The molecule has 0 saturated heterocycles. The largest absolute Gasteiger partial charge is 0.507 e. The minimum atomic E-state index is -0.0550. The molecular weight excluding hydrogens is 516 g/mol. The van der Waals surface area contributed by atoms with Crippen molar-refractivity contribution in [2.45, 2.75) is 40.0 Å². The number of fused-ring (bicyclic) bond motifs is 1. The van der Waals surface area contributed by atoms with E-state index in [2.05, 4.69) is 77.1 Å². The van der Waals surface area contributed by atoms with E-state index < -0.39 is 0 Å². The van der Waals surface area contributed by atoms with E-state index >= 15 is 0 Å². The molecule has 42 heavy (non-hydrogen) atoms. The lowest BCUT2D eigenvalue weighted by Crippen LogP contribution is -2.11. The molecule has 0 unspecified atom stereocenters. The second-order valence-corrected chi connectivity index (χ2v) is 11.9. The average Bonchev–Trinajstić information content (AvgIpc) is 3.40. The van der Waals surface area contributed by atoms with E-state index in [-0.39, 0.29) is 11.2 Å². The van der Waals surface area contributed by atoms with E-state index in [1.165, 1.54) is 16.7 Å². The quantitative estimate of drug-likeness (QED) is 0.217. The van der Waals surface area contributed by atoms with Gasteiger partial charge < -0.3 is 9.52 Å². The molecule has 0 fully saturated rings. The summed E-state index contributed by atoms with van der Waals surface area (Å²) in [6.07, 6.45) is 1.70. The van der Waals surface area contributed by atoms with Crippen LogP contribution in [0.25, 0.3) is 44.8 Å². The van der Waals surface area contributed by atoms with Crippen LogP contribution in [0.5, 0.6) is 5.75 Å². The number of benzene rings is 5. The van der Waals surface area contributed by atoms with Gasteiger partial charge in [-0.15, -0.1) is 0 Å². The SMILES string of the molecule is Cc1cc(C)cc(-c2ccc(O)c(C=Nc3ccccc3-c3nc4c(-c5ccccc5)cc(C(C)(C)C)cc4o3)c2)c1. The summed E-state index contributed by atoms with van der Waals surface area (Å²) >= 11 is 0. The van der Waals surface area contributed by atoms with Crippen LogP contribution in [0.1, 0.15) is 43.0 Å². The number of aromatic nitrogens is 1. The third-order valence-electron chi connectivity index (χ3n) is 7.51. The molecule has 0 aliphatic carbocycles. The molecule has 0 aliphatic heterocycles. The molecule has 0 bridgehead atoms. The van der Waals surface area contributed by atoms with Crippen molar-refractivity contribution >= 4 is 23.0 Å². The van der Waals surface area contributed by atoms with Gasteiger partial charge in [0.1, 0.15) is 11.3 Å². The van der Waals surface area contributed by atoms with Crippen LogP contribution in [0.2, 0.25) is 0 Å². The van der Waals surface area contributed by atoms with E-state index in [1.54, 1.807) is 12.3 Å². The van der Waals surface area contributed by atoms with Crippen molar-refractivity contribution in [3.8, 4) is 39.5 Å². The van der Waals surface area contributed by atoms with Gasteiger partial charge in [0.05, 0.1) is 11.3 Å². The summed E-state index contributed by atoms with van der Waals surface area (Å²) < 4.78 is 6.43. The van der Waals surface area contributed by atoms with Crippen LogP contribution in [0.15, 0.2) is 113 Å². The Morgan fingerprint density at radius 3 is 2.17 bits per heavy atom. The van der Waals surface area contributed by atoms with Crippen LogP contribution < -0.4 is 0 Å². The van der Waals surface area contributed by atoms with Crippen molar-refractivity contribution in [1.82, 2.24) is 4.98 Å². The van der Waals surface area contributed by atoms with Crippen LogP contribution >= 0.6 is 0 Å². The zero-order valence-corrected chi connectivity index (χ0v) is 24.6. The molecule has 4 nitrogen and oxygen atoms in total. The second-order valence-electron chi connectivity index (χ2n) is 11.9. The van der Waals surface area contributed by atoms with Crippen molar-refractivity contribution in [1.29, 1.82) is 0 Å². The zero-order chi connectivity index (χ0) is 29.4. The topological polar surface area (TPSA) is 58.6 Å². The first kappa shape index (κ1) is 27.2. The first-order valence-corrected chi connectivity index (χ1v) is 14.2. The normalized spacial score (nSPS) is 11.9. The van der Waals surface area contributed by atoms with E-state index in [1.807, 2.05) is 54.6 Å². The third kappa shape index (κ3) is 5.48. The minimum absolute atomic E-state index is 0.0550. The van der Waals surface area contributed by atoms with Crippen molar-refractivity contribution in [2.24, 2.45) is 4.99 Å². The Morgan fingerprint density at radius 2 is 1.43 bits per heavy atom. The molecule has 1 N–H and O–H groups in total. The number of hydrogen-bond donors (Lipinski definition) is 1. The van der Waals surface area contributed by atoms with Crippen LogP contribution in [0.4, 0.5) is 5.69 Å². The molecule has 1 heterocycles. The summed E-state index contributed by atoms with van der Waals surface area (Å²) in [6, 6.07) is 34.5. The molecule has 0 spiro atoms. The second kappa shape index (κ2) is 10.8. The molecule has 6 rings (SSSR count). The lowest BCUT2D eigenvalue weighted by atomic mass is 9.85. The number of aliphatic imine (C=N–C) groups is 1. The summed E-state index contributed by atoms with van der Waals surface area (Å²) in [7, 11) is 0. The molecule has 0 saturated carbocycles. The lowest BCUT2D eigenvalue weighted by molar-refractivity contribution is 0.474. The molecule has 208 valence electrons. The Hall–Kier alpha value is -4.96. The first-order valence-electron chi connectivity index (χ1n) is 14.2. The molecule has 5 aromatic carbocycles. The monoisotopic (exact) mass is 550 g/mol. The Labute approximate surface area is 247 Å². The maximum Gasteiger partial charge on any atom is 0.229 e. The molecule has 0 amide bonds. The van der Waals surface area contributed by atoms with E-state index in [9.17, 15) is 5.11 Å². The van der Waals surface area contributed by atoms with Crippen molar-refractivity contribution in [3.05, 3.63) is 125 Å². The fraction of sp³-hybridized carbons (Fsp3) is 0.158. The van der Waals surface area contributed by atoms with Gasteiger partial charge in [-0.2, -0.15) is 0 Å². The Bertz CT molecular complexity index is 1920. The number of phenolic OH excluding ortho intramolecular Hbond substituents is 1. The number of hydrogen-bond acceptors (Lipinski definition) is 4. The molecule has 6 aromatic rings. The van der Waals surface area contributed by atoms with Crippen LogP contribution in [-0.4, -0.2) is 16.3 Å². The highest BCUT2D eigenvalue weighted by atomic mass is 16.3. The molecular formula is C38H34N2O2. The molecule has 0 atom stereocenters. The van der Waals surface area contributed by atoms with Crippen LogP contribution in [-0.2, 0) is 5.41 Å². The highest BCUT2D eigenvalue weighted by Gasteiger charge is 2.21. The van der Waals surface area contributed by atoms with Gasteiger partial charge in [0.2, 0.25) is 5.89 Å². The summed E-state index contributed by atoms with van der Waals surface area (Å²) in [5.41, 5.74) is 11.5. The fourth-order valence-corrected chi connectivity index (χ4v) is 5.30. The van der Waals surface area contributed by atoms with Crippen molar-refractivity contribution < 1.29 is 9.52 Å². The predicted octanol–water partition coefficient (Wildman–Crippen LogP) is 10.2. The molecule has 0 aliphatic rings. The predicted molar refractivity (Wildman–Crippen MR) is 174 cm³/mol. The minimum Gasteiger partial charge on any atom is -0.507 e. The number of aryl methyl sites for hydroxylation is 2. The molecule has 4 heteroatoms. The Morgan fingerprint density at radius 1 is 0.714 bits per heavy atom. The van der Waals surface area contributed by atoms with Crippen LogP contribution in [0.3, 0.4) is 0 Å². The van der Waals surface area contributed by atoms with Gasteiger partial charge in [0.25, 0.3) is 0 Å². The molecule has 0 radical (unpaired) electrons. The summed E-state index contributed by atoms with van der Waals surface area (Å²) in [5.74, 6) is 0.683. The van der Waals surface area contributed by atoms with Gasteiger partial charge in [-0.05, 0) is 77.9 Å². The van der Waals surface area contributed by atoms with Crippen LogP contribution in [0, 0.1) is 13.8 Å². The fourth-order valence-electron chi connectivity index (χ4n) is 5.30. The van der Waals surface area contributed by atoms with Gasteiger partial charge in [-0.3, -0.25) is 4.99 Å². The maximum atomic E-state index is 10.7. The maximum absolute atomic E-state index is 10.7. The number of para-hydroxylation sites is 1. The van der Waals surface area contributed by atoms with Gasteiger partial charge in [0, 0.05) is 17.3 Å². The zero-order valence-electron chi connectivity index (χ0n) is 24.6. The molecule has 1 aromatic heterocycles. The highest BCUT2D eigenvalue weighted by molar-refractivity contribution is 5.94. The van der Waals surface area contributed by atoms with Crippen molar-refractivity contribution in [3.63, 3.8) is 0 Å². The number of oxazole rings is 1. The van der Waals surface area contributed by atoms with Gasteiger partial charge in [-0.1, -0.05) is 98.6 Å². The highest BCUT2D eigenvalue weighted by Crippen LogP contribution is 2.38. The summed E-state index contributed by atoms with van der Waals surface area (Å²) in [4.78, 5) is 9.80. The van der Waals surface area contributed by atoms with E-state index in [0.717, 1.165) is 38.9 Å². The standard InChI is InChI=1S/C38H34N2O2/c1-24-17-25(2)19-28(18-24)27-15-16-34(41)29(20-27)23-39-33-14-10-9-13-31(33)37-40-36-32(26-11-7-6-8-12-26)21-30(38(3,4)5)22-35(36)42-37/h6-23,41H,1-5H3. The number of nitrogens with zero attached hydrogens (tertiary/aromatic N) is 2. The Kier molecular flexibility index (Phi) is 6.99. The number of rotatable bonds is 5. The summed E-state index contributed by atoms with van der Waals surface area (Å²) in [5, 5.41) is 10.7. The average molecular weight is 551 g/mol. The summed E-state index contributed by atoms with van der Waals surface area (Å²) in [6.45, 7) is 10.8. The van der Waals surface area contributed by atoms with Gasteiger partial charge in [-0.25, -0.2) is 4.98 Å². The smallest absolute Gasteiger partial charge is 0.229 e. The van der Waals surface area contributed by atoms with E-state index in [0.29, 0.717) is 17.1 Å². The number of aromatic hydroxyl groups is 1. The Balaban J connectivity index is 1.42. The lowest BCUT2D eigenvalue weighted by Gasteiger charge is -2.20. The first-order chi connectivity index (χ1) is 20.2. The van der Waals surface area contributed by atoms with Crippen molar-refractivity contribution in [2.75, 3.05) is 0 Å². The van der Waals surface area contributed by atoms with Gasteiger partial charge in [0.15, 0.2) is 5.58 Å².